The van der Waals surface area contributed by atoms with Crippen molar-refractivity contribution in [1.29, 1.82) is 0 Å². The summed E-state index contributed by atoms with van der Waals surface area (Å²) in [5.41, 5.74) is -1.80. The predicted octanol–water partition coefficient (Wildman–Crippen LogP) is -0.678. The van der Waals surface area contributed by atoms with Crippen LogP contribution in [0.15, 0.2) is 0 Å². The molecule has 0 bridgehead atoms. The standard InChI is InChI=1S/C25H48O4.2K/c1-3-5-7-9-11-13-15-17-19-21-25(23(26)27,24(28)29)22-20-18-16-14-12-10-8-6-4-2;;/h3-22H2,1-2H3,(H,26,27)(H,28,29);;/q;2*+1/p-2. The molecule has 0 aliphatic carbocycles. The average Bonchev–Trinajstić information content (AvgIpc) is 2.69. The number of hydrogen-bond donors (Lipinski definition) is 0. The molecule has 172 valence electrons. The Balaban J connectivity index is -0.00000392. The molecule has 0 fully saturated rings. The van der Waals surface area contributed by atoms with E-state index < -0.39 is 17.4 Å². The summed E-state index contributed by atoms with van der Waals surface area (Å²) >= 11 is 0. The summed E-state index contributed by atoms with van der Waals surface area (Å²) in [6, 6.07) is 0. The van der Waals surface area contributed by atoms with Crippen LogP contribution in [0.1, 0.15) is 142 Å². The first-order valence-corrected chi connectivity index (χ1v) is 12.4. The number of unbranched alkanes of at least 4 members (excludes halogenated alkanes) is 16. The van der Waals surface area contributed by atoms with Crippen LogP contribution < -0.4 is 113 Å². The molecule has 6 heteroatoms. The van der Waals surface area contributed by atoms with Crippen LogP contribution >= 0.6 is 0 Å². The maximum atomic E-state index is 11.7. The van der Waals surface area contributed by atoms with E-state index in [1.807, 2.05) is 0 Å². The normalized spacial score (nSPS) is 10.9. The minimum atomic E-state index is -1.80. The van der Waals surface area contributed by atoms with Gasteiger partial charge in [-0.05, 0) is 12.8 Å². The molecule has 0 radical (unpaired) electrons. The van der Waals surface area contributed by atoms with Gasteiger partial charge >= 0.3 is 103 Å². The Kier molecular flexibility index (Phi) is 32.7. The smallest absolute Gasteiger partial charge is 0.549 e. The summed E-state index contributed by atoms with van der Waals surface area (Å²) in [5, 5.41) is 23.3. The molecular weight excluding hydrogens is 442 g/mol. The molecule has 0 N–H and O–H groups in total. The van der Waals surface area contributed by atoms with Crippen molar-refractivity contribution in [1.82, 2.24) is 0 Å². The zero-order chi connectivity index (χ0) is 21.8. The summed E-state index contributed by atoms with van der Waals surface area (Å²) in [4.78, 5) is 23.3. The van der Waals surface area contributed by atoms with Gasteiger partial charge in [-0.3, -0.25) is 0 Å². The van der Waals surface area contributed by atoms with Crippen LogP contribution in [0.3, 0.4) is 0 Å². The molecule has 0 rings (SSSR count). The molecule has 0 saturated carbocycles. The van der Waals surface area contributed by atoms with E-state index >= 15 is 0 Å². The third kappa shape index (κ3) is 20.1. The van der Waals surface area contributed by atoms with Crippen LogP contribution in [-0.4, -0.2) is 11.9 Å². The first kappa shape index (κ1) is 37.8. The predicted molar refractivity (Wildman–Crippen MR) is 116 cm³/mol. The molecule has 0 atom stereocenters. The minimum absolute atomic E-state index is 0. The van der Waals surface area contributed by atoms with Gasteiger partial charge in [0.25, 0.3) is 0 Å². The molecule has 0 aromatic heterocycles. The zero-order valence-corrected chi connectivity index (χ0v) is 27.5. The molecule has 0 unspecified atom stereocenters. The number of hydrogen-bond acceptors (Lipinski definition) is 4. The number of carboxylic acids is 2. The van der Waals surface area contributed by atoms with Gasteiger partial charge < -0.3 is 19.8 Å². The molecule has 0 saturated heterocycles. The second kappa shape index (κ2) is 26.8. The van der Waals surface area contributed by atoms with Crippen molar-refractivity contribution in [2.75, 3.05) is 0 Å². The molecule has 31 heavy (non-hydrogen) atoms. The van der Waals surface area contributed by atoms with E-state index in [4.69, 9.17) is 0 Å². The van der Waals surface area contributed by atoms with Crippen molar-refractivity contribution < 1.29 is 123 Å². The number of aliphatic carboxylic acids is 2. The van der Waals surface area contributed by atoms with Gasteiger partial charge in [0, 0.05) is 5.41 Å². The van der Waals surface area contributed by atoms with E-state index in [0.29, 0.717) is 12.8 Å². The van der Waals surface area contributed by atoms with Gasteiger partial charge in [0.05, 0.1) is 11.9 Å². The van der Waals surface area contributed by atoms with E-state index in [1.165, 1.54) is 64.2 Å². The molecule has 0 amide bonds. The fraction of sp³-hybridized carbons (Fsp3) is 0.920. The van der Waals surface area contributed by atoms with Crippen LogP contribution in [0.25, 0.3) is 0 Å². The molecule has 0 spiro atoms. The van der Waals surface area contributed by atoms with Gasteiger partial charge in [0.15, 0.2) is 0 Å². The summed E-state index contributed by atoms with van der Waals surface area (Å²) in [6.07, 6.45) is 20.2. The Hall–Kier alpha value is 2.21. The summed E-state index contributed by atoms with van der Waals surface area (Å²) in [6.45, 7) is 4.41. The molecule has 4 nitrogen and oxygen atoms in total. The Morgan fingerprint density at radius 1 is 0.484 bits per heavy atom. The van der Waals surface area contributed by atoms with E-state index in [9.17, 15) is 19.8 Å². The van der Waals surface area contributed by atoms with Crippen molar-refractivity contribution >= 4 is 11.9 Å². The zero-order valence-electron chi connectivity index (χ0n) is 21.3. The van der Waals surface area contributed by atoms with E-state index in [0.717, 1.165) is 38.5 Å². The topological polar surface area (TPSA) is 80.3 Å². The van der Waals surface area contributed by atoms with Gasteiger partial charge in [-0.2, -0.15) is 0 Å². The fourth-order valence-corrected chi connectivity index (χ4v) is 4.09. The van der Waals surface area contributed by atoms with Crippen LogP contribution in [0, 0.1) is 5.41 Å². The molecule has 0 heterocycles. The van der Waals surface area contributed by atoms with Crippen molar-refractivity contribution in [2.45, 2.75) is 142 Å². The van der Waals surface area contributed by atoms with E-state index in [-0.39, 0.29) is 116 Å². The van der Waals surface area contributed by atoms with Gasteiger partial charge in [0.1, 0.15) is 0 Å². The quantitative estimate of drug-likeness (QED) is 0.115. The Morgan fingerprint density at radius 3 is 0.935 bits per heavy atom. The second-order valence-electron chi connectivity index (χ2n) is 8.81. The maximum Gasteiger partial charge on any atom is 1.00 e. The number of carbonyl (C=O) groups is 2. The monoisotopic (exact) mass is 488 g/mol. The van der Waals surface area contributed by atoms with Crippen LogP contribution in [0.4, 0.5) is 0 Å². The second-order valence-corrected chi connectivity index (χ2v) is 8.81. The van der Waals surface area contributed by atoms with E-state index in [1.54, 1.807) is 0 Å². The van der Waals surface area contributed by atoms with Crippen molar-refractivity contribution in [3.63, 3.8) is 0 Å². The largest absolute Gasteiger partial charge is 1.00 e. The number of rotatable bonds is 22. The van der Waals surface area contributed by atoms with Gasteiger partial charge in [-0.25, -0.2) is 0 Å². The van der Waals surface area contributed by atoms with Crippen molar-refractivity contribution in [3.05, 3.63) is 0 Å². The Labute approximate surface area is 277 Å². The molecule has 0 aromatic rings. The fourth-order valence-electron chi connectivity index (χ4n) is 4.09. The minimum Gasteiger partial charge on any atom is -0.549 e. The third-order valence-electron chi connectivity index (χ3n) is 6.20. The molecule has 0 aliphatic heterocycles. The van der Waals surface area contributed by atoms with Crippen molar-refractivity contribution in [3.8, 4) is 0 Å². The molecule has 0 aromatic carbocycles. The SMILES string of the molecule is CCCCCCCCCCCC(CCCCCCCCCCC)(C(=O)[O-])C(=O)[O-].[K+].[K+]. The summed E-state index contributed by atoms with van der Waals surface area (Å²) < 4.78 is 0. The first-order chi connectivity index (χ1) is 14.0. The first-order valence-electron chi connectivity index (χ1n) is 12.4. The Morgan fingerprint density at radius 2 is 0.710 bits per heavy atom. The van der Waals surface area contributed by atoms with Gasteiger partial charge in [-0.1, -0.05) is 129 Å². The number of carboxylic acid groups (broad SMARTS) is 2. The van der Waals surface area contributed by atoms with Crippen LogP contribution in [-0.2, 0) is 9.59 Å². The van der Waals surface area contributed by atoms with Gasteiger partial charge in [0.2, 0.25) is 0 Å². The molecule has 0 aliphatic rings. The third-order valence-corrected chi connectivity index (χ3v) is 6.20. The van der Waals surface area contributed by atoms with Crippen molar-refractivity contribution in [2.24, 2.45) is 5.41 Å². The van der Waals surface area contributed by atoms with Crippen LogP contribution in [0.5, 0.6) is 0 Å². The van der Waals surface area contributed by atoms with Crippen LogP contribution in [0.2, 0.25) is 0 Å². The Bertz CT molecular complexity index is 378. The molecular formula is C25H46K2O4. The summed E-state index contributed by atoms with van der Waals surface area (Å²) in [7, 11) is 0. The van der Waals surface area contributed by atoms with Gasteiger partial charge in [-0.15, -0.1) is 0 Å². The summed E-state index contributed by atoms with van der Waals surface area (Å²) in [5.74, 6) is -2.92. The maximum absolute atomic E-state index is 11.7. The number of carbonyl (C=O) groups excluding carboxylic acids is 2. The average molecular weight is 489 g/mol. The van der Waals surface area contributed by atoms with E-state index in [2.05, 4.69) is 13.8 Å².